The Bertz CT molecular complexity index is 394. The minimum atomic E-state index is -0.187. The fourth-order valence-electron chi connectivity index (χ4n) is 2.47. The second kappa shape index (κ2) is 5.49. The monoisotopic (exact) mass is 299 g/mol. The van der Waals surface area contributed by atoms with Crippen LogP contribution in [0.4, 0.5) is 4.39 Å². The quantitative estimate of drug-likeness (QED) is 0.873. The lowest BCUT2D eigenvalue weighted by molar-refractivity contribution is 0.454. The summed E-state index contributed by atoms with van der Waals surface area (Å²) < 4.78 is 13.7. The first-order chi connectivity index (χ1) is 8.11. The molecule has 3 heteroatoms. The number of hydrogen-bond donors (Lipinski definition) is 1. The van der Waals surface area contributed by atoms with E-state index in [0.29, 0.717) is 10.5 Å². The van der Waals surface area contributed by atoms with E-state index in [2.05, 4.69) is 35.1 Å². The lowest BCUT2D eigenvalue weighted by Gasteiger charge is -2.18. The molecule has 2 rings (SSSR count). The molecule has 3 unspecified atom stereocenters. The highest BCUT2D eigenvalue weighted by Gasteiger charge is 2.38. The first-order valence-corrected chi connectivity index (χ1v) is 7.08. The van der Waals surface area contributed by atoms with E-state index >= 15 is 0 Å². The van der Waals surface area contributed by atoms with E-state index in [0.717, 1.165) is 24.8 Å². The third-order valence-electron chi connectivity index (χ3n) is 3.59. The van der Waals surface area contributed by atoms with Gasteiger partial charge in [0.05, 0.1) is 4.47 Å². The molecule has 0 heterocycles. The summed E-state index contributed by atoms with van der Waals surface area (Å²) in [6, 6.07) is 5.86. The minimum absolute atomic E-state index is 0.187. The van der Waals surface area contributed by atoms with E-state index in [1.807, 2.05) is 12.1 Å². The van der Waals surface area contributed by atoms with Crippen molar-refractivity contribution in [2.24, 2.45) is 11.8 Å². The van der Waals surface area contributed by atoms with Crippen LogP contribution in [-0.2, 0) is 6.42 Å². The zero-order valence-electron chi connectivity index (χ0n) is 10.3. The number of benzene rings is 1. The Morgan fingerprint density at radius 3 is 2.76 bits per heavy atom. The summed E-state index contributed by atoms with van der Waals surface area (Å²) in [5.74, 6) is 1.44. The number of hydrogen-bond acceptors (Lipinski definition) is 1. The molecular formula is C14H19BrFN. The van der Waals surface area contributed by atoms with Crippen molar-refractivity contribution < 1.29 is 4.39 Å². The number of likely N-dealkylation sites (N-methyl/N-ethyl adjacent to an activating group) is 1. The van der Waals surface area contributed by atoms with Crippen molar-refractivity contribution in [3.63, 3.8) is 0 Å². The summed E-state index contributed by atoms with van der Waals surface area (Å²) >= 11 is 3.24. The van der Waals surface area contributed by atoms with Crippen LogP contribution in [0.5, 0.6) is 0 Å². The fourth-order valence-corrected chi connectivity index (χ4v) is 2.90. The molecule has 17 heavy (non-hydrogen) atoms. The van der Waals surface area contributed by atoms with E-state index in [1.165, 1.54) is 12.0 Å². The van der Waals surface area contributed by atoms with Crippen LogP contribution in [0.15, 0.2) is 22.7 Å². The van der Waals surface area contributed by atoms with Crippen LogP contribution >= 0.6 is 15.9 Å². The molecule has 0 aliphatic heterocycles. The maximum Gasteiger partial charge on any atom is 0.137 e. The Labute approximate surface area is 111 Å². The van der Waals surface area contributed by atoms with Gasteiger partial charge in [0, 0.05) is 6.04 Å². The molecule has 3 atom stereocenters. The predicted molar refractivity (Wildman–Crippen MR) is 72.5 cm³/mol. The molecule has 0 saturated heterocycles. The van der Waals surface area contributed by atoms with Crippen molar-refractivity contribution in [2.45, 2.75) is 32.7 Å². The van der Waals surface area contributed by atoms with Crippen molar-refractivity contribution in [1.29, 1.82) is 0 Å². The summed E-state index contributed by atoms with van der Waals surface area (Å²) in [4.78, 5) is 0. The molecule has 1 aliphatic rings. The molecule has 1 saturated carbocycles. The standard InChI is InChI=1S/C14H19BrFN/c1-3-17-14(11-6-9(11)2)8-10-4-5-13(16)12(15)7-10/h4-5,7,9,11,14,17H,3,6,8H2,1-2H3. The second-order valence-electron chi connectivity index (χ2n) is 4.99. The lowest BCUT2D eigenvalue weighted by Crippen LogP contribution is -2.33. The fraction of sp³-hybridized carbons (Fsp3) is 0.571. The van der Waals surface area contributed by atoms with Crippen molar-refractivity contribution >= 4 is 15.9 Å². The predicted octanol–water partition coefficient (Wildman–Crippen LogP) is 3.76. The molecule has 1 aromatic carbocycles. The van der Waals surface area contributed by atoms with Crippen molar-refractivity contribution in [2.75, 3.05) is 6.54 Å². The second-order valence-corrected chi connectivity index (χ2v) is 5.85. The van der Waals surface area contributed by atoms with Crippen LogP contribution in [0.2, 0.25) is 0 Å². The van der Waals surface area contributed by atoms with Gasteiger partial charge in [0.15, 0.2) is 0 Å². The van der Waals surface area contributed by atoms with Gasteiger partial charge in [-0.1, -0.05) is 19.9 Å². The molecule has 0 spiro atoms. The van der Waals surface area contributed by atoms with Crippen LogP contribution in [0.1, 0.15) is 25.8 Å². The minimum Gasteiger partial charge on any atom is -0.314 e. The molecule has 1 fully saturated rings. The molecule has 1 N–H and O–H groups in total. The van der Waals surface area contributed by atoms with Crippen molar-refractivity contribution in [3.05, 3.63) is 34.1 Å². The lowest BCUT2D eigenvalue weighted by atomic mass is 10.0. The maximum atomic E-state index is 13.2. The van der Waals surface area contributed by atoms with Gasteiger partial charge in [-0.2, -0.15) is 0 Å². The van der Waals surface area contributed by atoms with Gasteiger partial charge in [-0.25, -0.2) is 4.39 Å². The van der Waals surface area contributed by atoms with Gasteiger partial charge in [-0.05, 0) is 64.8 Å². The number of rotatable bonds is 5. The average Bonchev–Trinajstić information content (AvgIpc) is 3.00. The maximum absolute atomic E-state index is 13.2. The van der Waals surface area contributed by atoms with Gasteiger partial charge in [-0.3, -0.25) is 0 Å². The van der Waals surface area contributed by atoms with Crippen LogP contribution in [0.25, 0.3) is 0 Å². The van der Waals surface area contributed by atoms with E-state index < -0.39 is 0 Å². The van der Waals surface area contributed by atoms with Gasteiger partial charge in [0.1, 0.15) is 5.82 Å². The largest absolute Gasteiger partial charge is 0.314 e. The zero-order chi connectivity index (χ0) is 12.4. The van der Waals surface area contributed by atoms with Crippen LogP contribution in [0, 0.1) is 17.7 Å². The smallest absolute Gasteiger partial charge is 0.137 e. The van der Waals surface area contributed by atoms with Gasteiger partial charge >= 0.3 is 0 Å². The van der Waals surface area contributed by atoms with E-state index in [1.54, 1.807) is 6.07 Å². The number of nitrogens with one attached hydrogen (secondary N) is 1. The van der Waals surface area contributed by atoms with Gasteiger partial charge in [0.2, 0.25) is 0 Å². The summed E-state index contributed by atoms with van der Waals surface area (Å²) in [6.45, 7) is 5.44. The topological polar surface area (TPSA) is 12.0 Å². The van der Waals surface area contributed by atoms with E-state index in [-0.39, 0.29) is 5.82 Å². The Kier molecular flexibility index (Phi) is 4.21. The summed E-state index contributed by atoms with van der Waals surface area (Å²) in [5.41, 5.74) is 1.20. The molecule has 1 aliphatic carbocycles. The van der Waals surface area contributed by atoms with E-state index in [9.17, 15) is 4.39 Å². The third-order valence-corrected chi connectivity index (χ3v) is 4.20. The summed E-state index contributed by atoms with van der Waals surface area (Å²) in [7, 11) is 0. The Hall–Kier alpha value is -0.410. The van der Waals surface area contributed by atoms with Crippen molar-refractivity contribution in [3.8, 4) is 0 Å². The van der Waals surface area contributed by atoms with E-state index in [4.69, 9.17) is 0 Å². The SMILES string of the molecule is CCNC(Cc1ccc(F)c(Br)c1)C1CC1C. The Morgan fingerprint density at radius 2 is 2.24 bits per heavy atom. The molecule has 0 aromatic heterocycles. The number of halogens is 2. The third kappa shape index (κ3) is 3.29. The molecule has 1 nitrogen and oxygen atoms in total. The first kappa shape index (κ1) is 13.0. The van der Waals surface area contributed by atoms with Gasteiger partial charge < -0.3 is 5.32 Å². The van der Waals surface area contributed by atoms with Crippen LogP contribution < -0.4 is 5.32 Å². The molecular weight excluding hydrogens is 281 g/mol. The Morgan fingerprint density at radius 1 is 1.53 bits per heavy atom. The highest BCUT2D eigenvalue weighted by atomic mass is 79.9. The summed E-state index contributed by atoms with van der Waals surface area (Å²) in [6.07, 6.45) is 2.31. The molecule has 94 valence electrons. The highest BCUT2D eigenvalue weighted by Crippen LogP contribution is 2.41. The highest BCUT2D eigenvalue weighted by molar-refractivity contribution is 9.10. The average molecular weight is 300 g/mol. The molecule has 1 aromatic rings. The normalized spacial score (nSPS) is 24.7. The first-order valence-electron chi connectivity index (χ1n) is 6.29. The summed E-state index contributed by atoms with van der Waals surface area (Å²) in [5, 5.41) is 3.55. The Balaban J connectivity index is 2.03. The van der Waals surface area contributed by atoms with Crippen LogP contribution in [0.3, 0.4) is 0 Å². The van der Waals surface area contributed by atoms with Gasteiger partial charge in [-0.15, -0.1) is 0 Å². The molecule has 0 amide bonds. The molecule has 0 bridgehead atoms. The van der Waals surface area contributed by atoms with Crippen molar-refractivity contribution in [1.82, 2.24) is 5.32 Å². The zero-order valence-corrected chi connectivity index (χ0v) is 11.9. The molecule has 0 radical (unpaired) electrons. The van der Waals surface area contributed by atoms with Crippen LogP contribution in [-0.4, -0.2) is 12.6 Å². The van der Waals surface area contributed by atoms with Gasteiger partial charge in [0.25, 0.3) is 0 Å².